The van der Waals surface area contributed by atoms with Crippen LogP contribution >= 0.6 is 0 Å². The number of carbonyl (C=O) groups is 1. The Hall–Kier alpha value is -2.13. The average Bonchev–Trinajstić information content (AvgIpc) is 2.70. The summed E-state index contributed by atoms with van der Waals surface area (Å²) in [7, 11) is 0. The summed E-state index contributed by atoms with van der Waals surface area (Å²) in [6, 6.07) is 19.0. The number of benzene rings is 2. The van der Waals surface area contributed by atoms with Gasteiger partial charge in [-0.05, 0) is 61.6 Å². The number of amides is 1. The molecule has 3 saturated carbocycles. The van der Waals surface area contributed by atoms with Gasteiger partial charge in [0.05, 0.1) is 0 Å². The van der Waals surface area contributed by atoms with E-state index >= 15 is 0 Å². The Balaban J connectivity index is 1.30. The van der Waals surface area contributed by atoms with Crippen LogP contribution in [0.15, 0.2) is 54.6 Å². The first-order valence-electron chi connectivity index (χ1n) is 9.80. The normalized spacial score (nSPS) is 27.3. The summed E-state index contributed by atoms with van der Waals surface area (Å²) in [6.45, 7) is 0.707. The highest BCUT2D eigenvalue weighted by Crippen LogP contribution is 2.51. The fourth-order valence-corrected chi connectivity index (χ4v) is 4.56. The molecule has 3 nitrogen and oxygen atoms in total. The van der Waals surface area contributed by atoms with E-state index in [0.717, 1.165) is 44.9 Å². The van der Waals surface area contributed by atoms with Gasteiger partial charge in [-0.2, -0.15) is 0 Å². The standard InChI is InChI=1S/C23H28N2O/c24-23-14-11-22(12-15-23,13-16-23)21(26)25-17-10-18-6-8-20(9-7-18)19-4-2-1-3-5-19/h1-9H,10-17,24H2,(H,25,26). The van der Waals surface area contributed by atoms with E-state index in [2.05, 4.69) is 53.8 Å². The maximum absolute atomic E-state index is 12.8. The Morgan fingerprint density at radius 3 is 2.04 bits per heavy atom. The van der Waals surface area contributed by atoms with Gasteiger partial charge in [0.1, 0.15) is 0 Å². The molecule has 0 atom stereocenters. The van der Waals surface area contributed by atoms with Crippen LogP contribution < -0.4 is 11.1 Å². The molecule has 2 aromatic rings. The number of nitrogens with two attached hydrogens (primary N) is 1. The number of hydrogen-bond acceptors (Lipinski definition) is 2. The Morgan fingerprint density at radius 1 is 0.846 bits per heavy atom. The van der Waals surface area contributed by atoms with Crippen molar-refractivity contribution in [2.24, 2.45) is 11.1 Å². The zero-order valence-corrected chi connectivity index (χ0v) is 15.3. The van der Waals surface area contributed by atoms with Crippen LogP contribution in [0.2, 0.25) is 0 Å². The fourth-order valence-electron chi connectivity index (χ4n) is 4.56. The average molecular weight is 348 g/mol. The molecule has 0 aromatic heterocycles. The lowest BCUT2D eigenvalue weighted by molar-refractivity contribution is -0.137. The van der Waals surface area contributed by atoms with E-state index in [1.54, 1.807) is 0 Å². The lowest BCUT2D eigenvalue weighted by Crippen LogP contribution is -2.56. The molecule has 3 fully saturated rings. The predicted octanol–water partition coefficient (Wildman–Crippen LogP) is 4.06. The monoisotopic (exact) mass is 348 g/mol. The summed E-state index contributed by atoms with van der Waals surface area (Å²) >= 11 is 0. The van der Waals surface area contributed by atoms with Gasteiger partial charge >= 0.3 is 0 Å². The third-order valence-electron chi connectivity index (χ3n) is 6.55. The molecule has 136 valence electrons. The molecule has 26 heavy (non-hydrogen) atoms. The van der Waals surface area contributed by atoms with Crippen LogP contribution in [0.5, 0.6) is 0 Å². The number of fused-ring (bicyclic) bond motifs is 3. The molecular formula is C23H28N2O. The molecule has 0 unspecified atom stereocenters. The highest BCUT2D eigenvalue weighted by molar-refractivity contribution is 5.83. The molecule has 2 aromatic carbocycles. The van der Waals surface area contributed by atoms with Crippen molar-refractivity contribution < 1.29 is 4.79 Å². The van der Waals surface area contributed by atoms with Crippen molar-refractivity contribution in [1.29, 1.82) is 0 Å². The summed E-state index contributed by atoms with van der Waals surface area (Å²) in [6.07, 6.45) is 6.76. The molecule has 0 heterocycles. The van der Waals surface area contributed by atoms with Crippen molar-refractivity contribution in [2.45, 2.75) is 50.5 Å². The second-order valence-electron chi connectivity index (χ2n) is 8.21. The molecule has 3 aliphatic carbocycles. The Bertz CT molecular complexity index is 742. The van der Waals surface area contributed by atoms with Gasteiger partial charge in [-0.15, -0.1) is 0 Å². The first kappa shape index (κ1) is 17.3. The van der Waals surface area contributed by atoms with Gasteiger partial charge in [0, 0.05) is 17.5 Å². The van der Waals surface area contributed by atoms with Gasteiger partial charge in [-0.3, -0.25) is 4.79 Å². The largest absolute Gasteiger partial charge is 0.355 e. The Morgan fingerprint density at radius 2 is 1.42 bits per heavy atom. The van der Waals surface area contributed by atoms with Gasteiger partial charge in [0.25, 0.3) is 0 Å². The van der Waals surface area contributed by atoms with Crippen LogP contribution in [0.25, 0.3) is 11.1 Å². The minimum atomic E-state index is -0.141. The Labute approximate surface area is 156 Å². The quantitative estimate of drug-likeness (QED) is 0.856. The zero-order valence-electron chi connectivity index (χ0n) is 15.3. The second kappa shape index (κ2) is 6.88. The molecule has 0 aliphatic heterocycles. The van der Waals surface area contributed by atoms with Crippen molar-refractivity contribution in [3.8, 4) is 11.1 Å². The van der Waals surface area contributed by atoms with Gasteiger partial charge in [0.2, 0.25) is 5.91 Å². The van der Waals surface area contributed by atoms with Crippen molar-refractivity contribution in [3.63, 3.8) is 0 Å². The van der Waals surface area contributed by atoms with E-state index in [0.29, 0.717) is 6.54 Å². The van der Waals surface area contributed by atoms with E-state index in [1.165, 1.54) is 16.7 Å². The molecule has 1 amide bonds. The van der Waals surface area contributed by atoms with Crippen LogP contribution in [-0.4, -0.2) is 18.0 Å². The Kier molecular flexibility index (Phi) is 4.58. The van der Waals surface area contributed by atoms with E-state index in [9.17, 15) is 4.79 Å². The van der Waals surface area contributed by atoms with Crippen LogP contribution in [0.1, 0.15) is 44.1 Å². The smallest absolute Gasteiger partial charge is 0.226 e. The molecule has 5 rings (SSSR count). The maximum Gasteiger partial charge on any atom is 0.226 e. The van der Waals surface area contributed by atoms with Crippen molar-refractivity contribution in [1.82, 2.24) is 5.32 Å². The van der Waals surface area contributed by atoms with E-state index < -0.39 is 0 Å². The molecule has 0 radical (unpaired) electrons. The van der Waals surface area contributed by atoms with Crippen molar-refractivity contribution in [2.75, 3.05) is 6.54 Å². The van der Waals surface area contributed by atoms with Crippen molar-refractivity contribution >= 4 is 5.91 Å². The minimum absolute atomic E-state index is 0.0164. The van der Waals surface area contributed by atoms with Gasteiger partial charge in [-0.25, -0.2) is 0 Å². The predicted molar refractivity (Wildman–Crippen MR) is 106 cm³/mol. The lowest BCUT2D eigenvalue weighted by atomic mass is 9.57. The van der Waals surface area contributed by atoms with Gasteiger partial charge in [0.15, 0.2) is 0 Å². The minimum Gasteiger partial charge on any atom is -0.355 e. The highest BCUT2D eigenvalue weighted by Gasteiger charge is 2.50. The molecule has 3 heteroatoms. The first-order valence-corrected chi connectivity index (χ1v) is 9.80. The fraction of sp³-hybridized carbons (Fsp3) is 0.435. The second-order valence-corrected chi connectivity index (χ2v) is 8.21. The molecule has 0 saturated heterocycles. The van der Waals surface area contributed by atoms with E-state index in [1.807, 2.05) is 6.07 Å². The van der Waals surface area contributed by atoms with Crippen LogP contribution in [0.3, 0.4) is 0 Å². The third-order valence-corrected chi connectivity index (χ3v) is 6.55. The zero-order chi connectivity index (χ0) is 18.0. The highest BCUT2D eigenvalue weighted by atomic mass is 16.2. The van der Waals surface area contributed by atoms with Crippen molar-refractivity contribution in [3.05, 3.63) is 60.2 Å². The maximum atomic E-state index is 12.8. The van der Waals surface area contributed by atoms with Gasteiger partial charge < -0.3 is 11.1 Å². The molecular weight excluding hydrogens is 320 g/mol. The summed E-state index contributed by atoms with van der Waals surface area (Å²) in [5.74, 6) is 0.250. The molecule has 3 N–H and O–H groups in total. The molecule has 0 spiro atoms. The topological polar surface area (TPSA) is 55.1 Å². The number of carbonyl (C=O) groups excluding carboxylic acids is 1. The molecule has 3 aliphatic rings. The van der Waals surface area contributed by atoms with Gasteiger partial charge in [-0.1, -0.05) is 54.6 Å². The van der Waals surface area contributed by atoms with Crippen LogP contribution in [0.4, 0.5) is 0 Å². The number of rotatable bonds is 5. The summed E-state index contributed by atoms with van der Waals surface area (Å²) < 4.78 is 0. The van der Waals surface area contributed by atoms with E-state index in [-0.39, 0.29) is 16.9 Å². The SMILES string of the molecule is NC12CCC(C(=O)NCCc3ccc(-c4ccccc4)cc3)(CC1)CC2. The summed E-state index contributed by atoms with van der Waals surface area (Å²) in [4.78, 5) is 12.8. The lowest BCUT2D eigenvalue weighted by Gasteiger charge is -2.50. The van der Waals surface area contributed by atoms with Crippen LogP contribution in [-0.2, 0) is 11.2 Å². The van der Waals surface area contributed by atoms with E-state index in [4.69, 9.17) is 5.73 Å². The molecule has 2 bridgehead atoms. The number of nitrogens with one attached hydrogen (secondary N) is 1. The summed E-state index contributed by atoms with van der Waals surface area (Å²) in [5.41, 5.74) is 9.95. The first-order chi connectivity index (χ1) is 12.6. The summed E-state index contributed by atoms with van der Waals surface area (Å²) in [5, 5.41) is 3.20. The third kappa shape index (κ3) is 3.41. The number of hydrogen-bond donors (Lipinski definition) is 2. The van der Waals surface area contributed by atoms with Crippen LogP contribution in [0, 0.1) is 5.41 Å².